The summed E-state index contributed by atoms with van der Waals surface area (Å²) in [5.41, 5.74) is 8.60. The van der Waals surface area contributed by atoms with Gasteiger partial charge in [0.25, 0.3) is 5.91 Å². The number of piperazine rings is 1. The van der Waals surface area contributed by atoms with Gasteiger partial charge in [0, 0.05) is 37.5 Å². The van der Waals surface area contributed by atoms with Gasteiger partial charge in [-0.15, -0.1) is 16.4 Å². The van der Waals surface area contributed by atoms with E-state index in [0.29, 0.717) is 41.6 Å². The SMILES string of the molecule is Cc1nnc2sc(C(=O)N3CCN(C(=O)C4CCCC4)CC3)c(N)c2c1C. The van der Waals surface area contributed by atoms with Crippen molar-refractivity contribution in [2.24, 2.45) is 5.92 Å². The van der Waals surface area contributed by atoms with Gasteiger partial charge in [-0.1, -0.05) is 12.8 Å². The van der Waals surface area contributed by atoms with Crippen LogP contribution in [0.3, 0.4) is 0 Å². The zero-order valence-electron chi connectivity index (χ0n) is 15.8. The Morgan fingerprint density at radius 2 is 1.67 bits per heavy atom. The topological polar surface area (TPSA) is 92.4 Å². The number of rotatable bonds is 2. The normalized spacial score (nSPS) is 18.4. The summed E-state index contributed by atoms with van der Waals surface area (Å²) in [6.45, 7) is 6.15. The molecule has 2 aromatic heterocycles. The first kappa shape index (κ1) is 18.2. The summed E-state index contributed by atoms with van der Waals surface area (Å²) in [4.78, 5) is 30.6. The molecule has 1 aliphatic heterocycles. The molecular formula is C19H25N5O2S. The number of hydrogen-bond acceptors (Lipinski definition) is 6. The summed E-state index contributed by atoms with van der Waals surface area (Å²) < 4.78 is 0. The van der Waals surface area contributed by atoms with Crippen LogP contribution in [0.2, 0.25) is 0 Å². The lowest BCUT2D eigenvalue weighted by Crippen LogP contribution is -2.51. The number of thiophene rings is 1. The number of aromatic nitrogens is 2. The van der Waals surface area contributed by atoms with E-state index in [1.54, 1.807) is 4.90 Å². The second kappa shape index (κ2) is 7.07. The number of anilines is 1. The van der Waals surface area contributed by atoms with Crippen molar-refractivity contribution in [2.75, 3.05) is 31.9 Å². The number of aryl methyl sites for hydroxylation is 2. The maximum Gasteiger partial charge on any atom is 0.266 e. The predicted octanol–water partition coefficient (Wildman–Crippen LogP) is 2.36. The van der Waals surface area contributed by atoms with Gasteiger partial charge in [-0.25, -0.2) is 0 Å². The molecule has 27 heavy (non-hydrogen) atoms. The Labute approximate surface area is 162 Å². The Bertz CT molecular complexity index is 895. The third kappa shape index (κ3) is 3.16. The Balaban J connectivity index is 1.48. The highest BCUT2D eigenvalue weighted by Crippen LogP contribution is 2.35. The largest absolute Gasteiger partial charge is 0.397 e. The van der Waals surface area contributed by atoms with Gasteiger partial charge in [-0.3, -0.25) is 9.59 Å². The van der Waals surface area contributed by atoms with E-state index in [9.17, 15) is 9.59 Å². The first-order valence-electron chi connectivity index (χ1n) is 9.57. The van der Waals surface area contributed by atoms with Crippen molar-refractivity contribution in [3.05, 3.63) is 16.1 Å². The maximum atomic E-state index is 13.0. The highest BCUT2D eigenvalue weighted by atomic mass is 32.1. The molecule has 0 spiro atoms. The van der Waals surface area contributed by atoms with E-state index in [4.69, 9.17) is 5.73 Å². The van der Waals surface area contributed by atoms with Crippen LogP contribution in [0.4, 0.5) is 5.69 Å². The fourth-order valence-electron chi connectivity index (χ4n) is 4.10. The van der Waals surface area contributed by atoms with Crippen LogP contribution in [0.1, 0.15) is 46.6 Å². The van der Waals surface area contributed by atoms with Crippen LogP contribution in [0.15, 0.2) is 0 Å². The molecular weight excluding hydrogens is 362 g/mol. The Morgan fingerprint density at radius 1 is 1.04 bits per heavy atom. The van der Waals surface area contributed by atoms with Crippen LogP contribution in [0.25, 0.3) is 10.2 Å². The van der Waals surface area contributed by atoms with Crippen molar-refractivity contribution in [3.8, 4) is 0 Å². The molecule has 7 nitrogen and oxygen atoms in total. The molecule has 1 saturated heterocycles. The van der Waals surface area contributed by atoms with Crippen LogP contribution in [0, 0.1) is 19.8 Å². The lowest BCUT2D eigenvalue weighted by atomic mass is 10.1. The van der Waals surface area contributed by atoms with Crippen molar-refractivity contribution in [1.29, 1.82) is 0 Å². The molecule has 0 aromatic carbocycles. The van der Waals surface area contributed by atoms with Crippen molar-refractivity contribution >= 4 is 39.1 Å². The average molecular weight is 388 g/mol. The molecule has 2 amide bonds. The lowest BCUT2D eigenvalue weighted by molar-refractivity contribution is -0.136. The number of carbonyl (C=O) groups excluding carboxylic acids is 2. The average Bonchev–Trinajstić information content (AvgIpc) is 3.32. The minimum atomic E-state index is -0.0690. The molecule has 8 heteroatoms. The van der Waals surface area contributed by atoms with Crippen molar-refractivity contribution < 1.29 is 9.59 Å². The van der Waals surface area contributed by atoms with Gasteiger partial charge in [0.1, 0.15) is 9.71 Å². The summed E-state index contributed by atoms with van der Waals surface area (Å²) >= 11 is 1.31. The second-order valence-corrected chi connectivity index (χ2v) is 8.53. The fourth-order valence-corrected chi connectivity index (χ4v) is 5.17. The zero-order valence-corrected chi connectivity index (χ0v) is 16.6. The summed E-state index contributed by atoms with van der Waals surface area (Å²) in [5, 5.41) is 9.17. The van der Waals surface area contributed by atoms with E-state index in [0.717, 1.165) is 42.3 Å². The van der Waals surface area contributed by atoms with Gasteiger partial charge in [-0.2, -0.15) is 5.10 Å². The molecule has 2 fully saturated rings. The molecule has 3 heterocycles. The first-order chi connectivity index (χ1) is 13.0. The summed E-state index contributed by atoms with van der Waals surface area (Å²) in [7, 11) is 0. The standard InChI is InChI=1S/C19H25N5O2S/c1-11-12(2)21-22-17-14(11)15(20)16(27-17)19(26)24-9-7-23(8-10-24)18(25)13-5-3-4-6-13/h13H,3-10,20H2,1-2H3. The molecule has 1 aliphatic carbocycles. The minimum absolute atomic E-state index is 0.0690. The number of nitrogens with zero attached hydrogens (tertiary/aromatic N) is 4. The van der Waals surface area contributed by atoms with Crippen LogP contribution >= 0.6 is 11.3 Å². The van der Waals surface area contributed by atoms with Gasteiger partial charge in [0.15, 0.2) is 0 Å². The Kier molecular flexibility index (Phi) is 4.75. The minimum Gasteiger partial charge on any atom is -0.397 e. The van der Waals surface area contributed by atoms with E-state index in [1.807, 2.05) is 18.7 Å². The molecule has 0 atom stereocenters. The van der Waals surface area contributed by atoms with E-state index in [2.05, 4.69) is 10.2 Å². The van der Waals surface area contributed by atoms with E-state index in [-0.39, 0.29) is 17.7 Å². The van der Waals surface area contributed by atoms with Crippen LogP contribution in [-0.2, 0) is 4.79 Å². The lowest BCUT2D eigenvalue weighted by Gasteiger charge is -2.35. The molecule has 2 aromatic rings. The van der Waals surface area contributed by atoms with Crippen molar-refractivity contribution in [1.82, 2.24) is 20.0 Å². The summed E-state index contributed by atoms with van der Waals surface area (Å²) in [5.74, 6) is 0.387. The molecule has 2 aliphatic rings. The fraction of sp³-hybridized carbons (Fsp3) is 0.579. The van der Waals surface area contributed by atoms with E-state index in [1.165, 1.54) is 11.3 Å². The number of carbonyl (C=O) groups is 2. The second-order valence-electron chi connectivity index (χ2n) is 7.53. The highest BCUT2D eigenvalue weighted by molar-refractivity contribution is 7.21. The first-order valence-corrected chi connectivity index (χ1v) is 10.4. The molecule has 4 rings (SSSR count). The molecule has 0 unspecified atom stereocenters. The Hall–Kier alpha value is -2.22. The van der Waals surface area contributed by atoms with E-state index < -0.39 is 0 Å². The van der Waals surface area contributed by atoms with Crippen LogP contribution < -0.4 is 5.73 Å². The third-order valence-corrected chi connectivity index (χ3v) is 6.99. The summed E-state index contributed by atoms with van der Waals surface area (Å²) in [6.07, 6.45) is 4.33. The summed E-state index contributed by atoms with van der Waals surface area (Å²) in [6, 6.07) is 0. The number of amides is 2. The number of nitrogens with two attached hydrogens (primary N) is 1. The quantitative estimate of drug-likeness (QED) is 0.854. The zero-order chi connectivity index (χ0) is 19.1. The van der Waals surface area contributed by atoms with Gasteiger partial charge < -0.3 is 15.5 Å². The van der Waals surface area contributed by atoms with Gasteiger partial charge in [0.2, 0.25) is 5.91 Å². The number of nitrogen functional groups attached to an aromatic ring is 1. The Morgan fingerprint density at radius 3 is 2.33 bits per heavy atom. The van der Waals surface area contributed by atoms with E-state index >= 15 is 0 Å². The van der Waals surface area contributed by atoms with Crippen LogP contribution in [0.5, 0.6) is 0 Å². The van der Waals surface area contributed by atoms with Crippen molar-refractivity contribution in [2.45, 2.75) is 39.5 Å². The highest BCUT2D eigenvalue weighted by Gasteiger charge is 2.32. The van der Waals surface area contributed by atoms with Crippen molar-refractivity contribution in [3.63, 3.8) is 0 Å². The maximum absolute atomic E-state index is 13.0. The third-order valence-electron chi connectivity index (χ3n) is 5.91. The van der Waals surface area contributed by atoms with Gasteiger partial charge in [0.05, 0.1) is 11.4 Å². The smallest absolute Gasteiger partial charge is 0.266 e. The monoisotopic (exact) mass is 387 g/mol. The number of fused-ring (bicyclic) bond motifs is 1. The molecule has 1 saturated carbocycles. The van der Waals surface area contributed by atoms with Crippen LogP contribution in [-0.4, -0.2) is 58.0 Å². The molecule has 0 radical (unpaired) electrons. The van der Waals surface area contributed by atoms with Gasteiger partial charge in [-0.05, 0) is 32.3 Å². The van der Waals surface area contributed by atoms with Gasteiger partial charge >= 0.3 is 0 Å². The number of hydrogen-bond donors (Lipinski definition) is 1. The molecule has 2 N–H and O–H groups in total. The molecule has 144 valence electrons. The molecule has 0 bridgehead atoms. The predicted molar refractivity (Wildman–Crippen MR) is 106 cm³/mol.